The van der Waals surface area contributed by atoms with Crippen molar-refractivity contribution in [3.63, 3.8) is 0 Å². The first kappa shape index (κ1) is 14.5. The van der Waals surface area contributed by atoms with Crippen LogP contribution in [0.25, 0.3) is 0 Å². The minimum atomic E-state index is -0.342. The molecule has 2 nitrogen and oxygen atoms in total. The third kappa shape index (κ3) is 4.02. The molecule has 1 heterocycles. The second kappa shape index (κ2) is 7.01. The number of piperidine rings is 1. The van der Waals surface area contributed by atoms with Crippen LogP contribution in [0.4, 0.5) is 4.39 Å². The molecule has 2 rings (SSSR count). The van der Waals surface area contributed by atoms with Gasteiger partial charge in [0.15, 0.2) is 5.78 Å². The highest BCUT2D eigenvalue weighted by molar-refractivity contribution is 6.17. The van der Waals surface area contributed by atoms with Crippen LogP contribution in [0.1, 0.15) is 29.6 Å². The number of carbonyl (C=O) groups excluding carboxylic acids is 1. The average Bonchev–Trinajstić information content (AvgIpc) is 2.45. The fraction of sp³-hybridized carbons (Fsp3) is 0.533. The molecule has 0 aromatic heterocycles. The van der Waals surface area contributed by atoms with Crippen molar-refractivity contribution in [2.45, 2.75) is 19.3 Å². The summed E-state index contributed by atoms with van der Waals surface area (Å²) in [6.45, 7) is 2.87. The number of hydrogen-bond acceptors (Lipinski definition) is 2. The number of carbonyl (C=O) groups is 1. The maximum atomic E-state index is 13.1. The number of benzene rings is 1. The number of likely N-dealkylation sites (tertiary alicyclic amines) is 1. The Bertz CT molecular complexity index is 430. The van der Waals surface area contributed by atoms with Crippen molar-refractivity contribution < 1.29 is 9.18 Å². The summed E-state index contributed by atoms with van der Waals surface area (Å²) < 4.78 is 13.1. The molecule has 19 heavy (non-hydrogen) atoms. The van der Waals surface area contributed by atoms with Crippen LogP contribution in [0, 0.1) is 11.7 Å². The zero-order valence-electron chi connectivity index (χ0n) is 10.9. The first-order valence-corrected chi connectivity index (χ1v) is 7.32. The van der Waals surface area contributed by atoms with E-state index >= 15 is 0 Å². The summed E-state index contributed by atoms with van der Waals surface area (Å²) in [5, 5.41) is 0. The molecule has 4 heteroatoms. The second-order valence-corrected chi connectivity index (χ2v) is 5.41. The Morgan fingerprint density at radius 2 is 2.11 bits per heavy atom. The molecule has 0 amide bonds. The lowest BCUT2D eigenvalue weighted by molar-refractivity contribution is 0.0840. The monoisotopic (exact) mass is 283 g/mol. The fourth-order valence-corrected chi connectivity index (χ4v) is 2.70. The lowest BCUT2D eigenvalue weighted by Crippen LogP contribution is -2.37. The van der Waals surface area contributed by atoms with E-state index in [9.17, 15) is 9.18 Å². The molecule has 1 aliphatic heterocycles. The zero-order chi connectivity index (χ0) is 13.7. The molecule has 1 fully saturated rings. The van der Waals surface area contributed by atoms with Crippen molar-refractivity contribution in [2.75, 3.05) is 25.5 Å². The van der Waals surface area contributed by atoms with E-state index < -0.39 is 0 Å². The third-order valence-corrected chi connectivity index (χ3v) is 3.94. The maximum absolute atomic E-state index is 13.1. The fourth-order valence-electron chi connectivity index (χ4n) is 2.58. The predicted molar refractivity (Wildman–Crippen MR) is 75.2 cm³/mol. The van der Waals surface area contributed by atoms with Gasteiger partial charge in [-0.3, -0.25) is 4.79 Å². The van der Waals surface area contributed by atoms with E-state index in [0.717, 1.165) is 38.9 Å². The highest BCUT2D eigenvalue weighted by Crippen LogP contribution is 2.22. The number of rotatable bonds is 5. The SMILES string of the molecule is O=C(c1cccc(F)c1)C1CCN(CCCCl)CC1. The van der Waals surface area contributed by atoms with Crippen molar-refractivity contribution in [3.8, 4) is 0 Å². The molecule has 0 aliphatic carbocycles. The molecule has 0 saturated carbocycles. The number of Topliss-reactive ketones (excluding diaryl/α,β-unsaturated/α-hetero) is 1. The summed E-state index contributed by atoms with van der Waals surface area (Å²) in [5.41, 5.74) is 0.499. The van der Waals surface area contributed by atoms with Crippen LogP contribution in [0.2, 0.25) is 0 Å². The molecular formula is C15H19ClFNO. The molecule has 1 aromatic carbocycles. The van der Waals surface area contributed by atoms with Crippen LogP contribution in [0.5, 0.6) is 0 Å². The van der Waals surface area contributed by atoms with E-state index in [2.05, 4.69) is 4.90 Å². The molecule has 1 aromatic rings. The Hall–Kier alpha value is -0.930. The van der Waals surface area contributed by atoms with Crippen LogP contribution in [-0.4, -0.2) is 36.2 Å². The van der Waals surface area contributed by atoms with Gasteiger partial charge in [-0.15, -0.1) is 11.6 Å². The minimum Gasteiger partial charge on any atom is -0.303 e. The lowest BCUT2D eigenvalue weighted by atomic mass is 9.89. The second-order valence-electron chi connectivity index (χ2n) is 5.03. The zero-order valence-corrected chi connectivity index (χ0v) is 11.7. The number of halogens is 2. The van der Waals surface area contributed by atoms with Gasteiger partial charge in [0.1, 0.15) is 5.82 Å². The molecule has 104 valence electrons. The van der Waals surface area contributed by atoms with Crippen LogP contribution >= 0.6 is 11.6 Å². The molecular weight excluding hydrogens is 265 g/mol. The van der Waals surface area contributed by atoms with Crippen LogP contribution in [0.15, 0.2) is 24.3 Å². The lowest BCUT2D eigenvalue weighted by Gasteiger charge is -2.31. The van der Waals surface area contributed by atoms with Crippen molar-refractivity contribution >= 4 is 17.4 Å². The highest BCUT2D eigenvalue weighted by atomic mass is 35.5. The van der Waals surface area contributed by atoms with E-state index in [1.807, 2.05) is 0 Å². The van der Waals surface area contributed by atoms with Gasteiger partial charge in [-0.25, -0.2) is 4.39 Å². The van der Waals surface area contributed by atoms with Crippen molar-refractivity contribution in [1.82, 2.24) is 4.90 Å². The molecule has 0 radical (unpaired) electrons. The van der Waals surface area contributed by atoms with Crippen molar-refractivity contribution in [3.05, 3.63) is 35.6 Å². The summed E-state index contributed by atoms with van der Waals surface area (Å²) in [4.78, 5) is 14.6. The Morgan fingerprint density at radius 3 is 2.74 bits per heavy atom. The average molecular weight is 284 g/mol. The summed E-state index contributed by atoms with van der Waals surface area (Å²) in [7, 11) is 0. The summed E-state index contributed by atoms with van der Waals surface area (Å²) in [6.07, 6.45) is 2.71. The van der Waals surface area contributed by atoms with E-state index in [1.54, 1.807) is 12.1 Å². The molecule has 0 N–H and O–H groups in total. The Kier molecular flexibility index (Phi) is 5.34. The molecule has 1 saturated heterocycles. The Labute approximate surface area is 118 Å². The van der Waals surface area contributed by atoms with Gasteiger partial charge in [0.2, 0.25) is 0 Å². The standard InChI is InChI=1S/C15H19ClFNO/c16-7-2-8-18-9-5-12(6-10-18)15(19)13-3-1-4-14(17)11-13/h1,3-4,11-12H,2,5-10H2. The molecule has 0 unspecified atom stereocenters. The van der Waals surface area contributed by atoms with Crippen LogP contribution in [-0.2, 0) is 0 Å². The molecule has 0 spiro atoms. The molecule has 0 bridgehead atoms. The normalized spacial score (nSPS) is 17.6. The smallest absolute Gasteiger partial charge is 0.166 e. The van der Waals surface area contributed by atoms with E-state index in [4.69, 9.17) is 11.6 Å². The Balaban J connectivity index is 1.89. The quantitative estimate of drug-likeness (QED) is 0.610. The van der Waals surface area contributed by atoms with Gasteiger partial charge in [0.25, 0.3) is 0 Å². The van der Waals surface area contributed by atoms with Gasteiger partial charge in [-0.2, -0.15) is 0 Å². The van der Waals surface area contributed by atoms with Gasteiger partial charge in [-0.05, 0) is 51.0 Å². The number of alkyl halides is 1. The van der Waals surface area contributed by atoms with E-state index in [0.29, 0.717) is 11.4 Å². The predicted octanol–water partition coefficient (Wildman–Crippen LogP) is 3.35. The summed E-state index contributed by atoms with van der Waals surface area (Å²) in [6, 6.07) is 6.00. The maximum Gasteiger partial charge on any atom is 0.166 e. The van der Waals surface area contributed by atoms with Crippen LogP contribution in [0.3, 0.4) is 0 Å². The third-order valence-electron chi connectivity index (χ3n) is 3.68. The van der Waals surface area contributed by atoms with E-state index in [1.165, 1.54) is 12.1 Å². The number of ketones is 1. The first-order chi connectivity index (χ1) is 9.20. The van der Waals surface area contributed by atoms with Gasteiger partial charge in [-0.1, -0.05) is 12.1 Å². The molecule has 1 aliphatic rings. The first-order valence-electron chi connectivity index (χ1n) is 6.79. The summed E-state index contributed by atoms with van der Waals surface area (Å²) >= 11 is 5.68. The van der Waals surface area contributed by atoms with Gasteiger partial charge < -0.3 is 4.90 Å². The highest BCUT2D eigenvalue weighted by Gasteiger charge is 2.25. The minimum absolute atomic E-state index is 0.0362. The largest absolute Gasteiger partial charge is 0.303 e. The van der Waals surface area contributed by atoms with Gasteiger partial charge in [0.05, 0.1) is 0 Å². The number of nitrogens with zero attached hydrogens (tertiary/aromatic N) is 1. The van der Waals surface area contributed by atoms with Crippen molar-refractivity contribution in [1.29, 1.82) is 0 Å². The Morgan fingerprint density at radius 1 is 1.37 bits per heavy atom. The van der Waals surface area contributed by atoms with Gasteiger partial charge >= 0.3 is 0 Å². The number of hydrogen-bond donors (Lipinski definition) is 0. The summed E-state index contributed by atoms with van der Waals surface area (Å²) in [5.74, 6) is 0.457. The topological polar surface area (TPSA) is 20.3 Å². The van der Waals surface area contributed by atoms with Gasteiger partial charge in [0, 0.05) is 17.4 Å². The molecule has 0 atom stereocenters. The van der Waals surface area contributed by atoms with E-state index in [-0.39, 0.29) is 17.5 Å². The van der Waals surface area contributed by atoms with Crippen molar-refractivity contribution in [2.24, 2.45) is 5.92 Å². The van der Waals surface area contributed by atoms with Crippen LogP contribution < -0.4 is 0 Å².